The van der Waals surface area contributed by atoms with E-state index in [1.165, 1.54) is 28.4 Å². The van der Waals surface area contributed by atoms with E-state index in [9.17, 15) is 28.8 Å². The van der Waals surface area contributed by atoms with Crippen molar-refractivity contribution in [2.45, 2.75) is 77.0 Å². The zero-order valence-corrected chi connectivity index (χ0v) is 21.8. The number of unbranched alkanes of at least 4 members (excludes halogenated alkanes) is 3. The molecule has 208 valence electrons. The average molecular weight is 521 g/mol. The molecule has 0 aromatic carbocycles. The van der Waals surface area contributed by atoms with Gasteiger partial charge in [-0.05, 0) is 38.5 Å². The summed E-state index contributed by atoms with van der Waals surface area (Å²) in [5.41, 5.74) is 0. The van der Waals surface area contributed by atoms with Crippen LogP contribution in [0.15, 0.2) is 0 Å². The number of carbonyl (C=O) groups is 6. The molecule has 0 saturated heterocycles. The number of hydrogen-bond acceptors (Lipinski definition) is 12. The number of methoxy groups -OCH3 is 4. The van der Waals surface area contributed by atoms with Crippen LogP contribution in [-0.2, 0) is 57.2 Å². The van der Waals surface area contributed by atoms with Crippen LogP contribution in [0.4, 0.5) is 0 Å². The lowest BCUT2D eigenvalue weighted by molar-refractivity contribution is -0.158. The van der Waals surface area contributed by atoms with Crippen LogP contribution in [0.25, 0.3) is 0 Å². The topological polar surface area (TPSA) is 158 Å². The van der Waals surface area contributed by atoms with E-state index in [1.54, 1.807) is 0 Å². The number of ketones is 1. The molecular weight excluding hydrogens is 480 g/mol. The lowest BCUT2D eigenvalue weighted by Crippen LogP contribution is -2.14. The van der Waals surface area contributed by atoms with E-state index < -0.39 is 5.97 Å². The fourth-order valence-corrected chi connectivity index (χ4v) is 2.48. The van der Waals surface area contributed by atoms with E-state index in [0.717, 1.165) is 0 Å². The van der Waals surface area contributed by atoms with Gasteiger partial charge in [-0.3, -0.25) is 28.8 Å². The molecule has 0 saturated carbocycles. The molecule has 0 rings (SSSR count). The highest BCUT2D eigenvalue weighted by Crippen LogP contribution is 2.04. The molecule has 12 nitrogen and oxygen atoms in total. The summed E-state index contributed by atoms with van der Waals surface area (Å²) in [6.45, 7) is -0.405. The highest BCUT2D eigenvalue weighted by Gasteiger charge is 2.07. The molecule has 0 aromatic rings. The zero-order chi connectivity index (χ0) is 27.6. The Balaban J connectivity index is 0. The molecule has 0 radical (unpaired) electrons. The maximum atomic E-state index is 11.5. The second kappa shape index (κ2) is 25.1. The number of rotatable bonds is 19. The monoisotopic (exact) mass is 520 g/mol. The van der Waals surface area contributed by atoms with Gasteiger partial charge in [-0.1, -0.05) is 0 Å². The minimum Gasteiger partial charge on any atom is -0.469 e. The lowest BCUT2D eigenvalue weighted by atomic mass is 10.1. The fourth-order valence-electron chi connectivity index (χ4n) is 2.48. The first-order valence-corrected chi connectivity index (χ1v) is 11.7. The van der Waals surface area contributed by atoms with Crippen LogP contribution in [-0.4, -0.2) is 77.5 Å². The van der Waals surface area contributed by atoms with Crippen LogP contribution in [0.2, 0.25) is 0 Å². The van der Waals surface area contributed by atoms with E-state index in [1.807, 2.05) is 0 Å². The second-order valence-electron chi connectivity index (χ2n) is 7.45. The number of hydrogen-bond donors (Lipinski definition) is 0. The summed E-state index contributed by atoms with van der Waals surface area (Å²) in [6, 6.07) is 0. The van der Waals surface area contributed by atoms with Crippen molar-refractivity contribution in [1.82, 2.24) is 0 Å². The lowest BCUT2D eigenvalue weighted by Gasteiger charge is -2.06. The van der Waals surface area contributed by atoms with Crippen molar-refractivity contribution in [1.29, 1.82) is 0 Å². The molecule has 0 atom stereocenters. The Morgan fingerprint density at radius 1 is 0.444 bits per heavy atom. The van der Waals surface area contributed by atoms with Crippen molar-refractivity contribution in [3.8, 4) is 0 Å². The van der Waals surface area contributed by atoms with Gasteiger partial charge < -0.3 is 28.4 Å². The molecule has 12 heteroatoms. The number of ether oxygens (including phenoxy) is 6. The Kier molecular flexibility index (Phi) is 24.5. The molecule has 0 aliphatic heterocycles. The van der Waals surface area contributed by atoms with Crippen LogP contribution in [0.5, 0.6) is 0 Å². The Morgan fingerprint density at radius 2 is 0.750 bits per heavy atom. The molecule has 0 amide bonds. The molecule has 0 aliphatic rings. The van der Waals surface area contributed by atoms with E-state index in [0.29, 0.717) is 57.8 Å². The first-order valence-electron chi connectivity index (χ1n) is 11.7. The maximum absolute atomic E-state index is 11.5. The summed E-state index contributed by atoms with van der Waals surface area (Å²) >= 11 is 0. The van der Waals surface area contributed by atoms with Gasteiger partial charge in [-0.25, -0.2) is 0 Å². The minimum atomic E-state index is -0.439. The van der Waals surface area contributed by atoms with Crippen LogP contribution < -0.4 is 0 Å². The average Bonchev–Trinajstić information content (AvgIpc) is 2.89. The van der Waals surface area contributed by atoms with Crippen molar-refractivity contribution >= 4 is 35.6 Å². The first kappa shape index (κ1) is 35.1. The third-order valence-corrected chi connectivity index (χ3v) is 4.59. The van der Waals surface area contributed by atoms with Crippen LogP contribution in [0.3, 0.4) is 0 Å². The zero-order valence-electron chi connectivity index (χ0n) is 21.8. The van der Waals surface area contributed by atoms with Gasteiger partial charge in [0.2, 0.25) is 0 Å². The van der Waals surface area contributed by atoms with Gasteiger partial charge in [0.05, 0.1) is 28.4 Å². The third-order valence-electron chi connectivity index (χ3n) is 4.59. The first-order chi connectivity index (χ1) is 17.2. The number of esters is 5. The van der Waals surface area contributed by atoms with Crippen molar-refractivity contribution in [2.75, 3.05) is 41.8 Å². The van der Waals surface area contributed by atoms with E-state index in [-0.39, 0.29) is 62.3 Å². The van der Waals surface area contributed by atoms with Gasteiger partial charge in [-0.15, -0.1) is 0 Å². The van der Waals surface area contributed by atoms with E-state index >= 15 is 0 Å². The summed E-state index contributed by atoms with van der Waals surface area (Å²) in [5.74, 6) is -1.63. The molecule has 0 spiro atoms. The van der Waals surface area contributed by atoms with Gasteiger partial charge in [-0.2, -0.15) is 0 Å². The van der Waals surface area contributed by atoms with Crippen molar-refractivity contribution < 1.29 is 57.2 Å². The highest BCUT2D eigenvalue weighted by molar-refractivity contribution is 5.79. The molecule has 0 N–H and O–H groups in total. The standard InChI is InChI=1S/C16H26O8.C8H14O4/c1-21-14(18)8-4-3-7-13(17)11-23-12-24-16(20)10-6-5-9-15(19)22-2;1-11-7(9)5-3-4-6-8(10)12-2/h3-12H2,1-2H3;3-6H2,1-2H3. The Morgan fingerprint density at radius 3 is 1.08 bits per heavy atom. The maximum Gasteiger partial charge on any atom is 0.307 e. The second-order valence-corrected chi connectivity index (χ2v) is 7.45. The molecule has 0 unspecified atom stereocenters. The molecule has 0 heterocycles. The van der Waals surface area contributed by atoms with Crippen LogP contribution in [0, 0.1) is 0 Å². The normalized spacial score (nSPS) is 9.78. The SMILES string of the molecule is COC(=O)CCCCC(=O)COCOC(=O)CCCCC(=O)OC.COC(=O)CCCCC(=O)OC. The predicted molar refractivity (Wildman–Crippen MR) is 125 cm³/mol. The minimum absolute atomic E-state index is 0.117. The van der Waals surface area contributed by atoms with Crippen molar-refractivity contribution in [3.63, 3.8) is 0 Å². The summed E-state index contributed by atoms with van der Waals surface area (Å²) < 4.78 is 27.6. The van der Waals surface area contributed by atoms with Crippen LogP contribution >= 0.6 is 0 Å². The fraction of sp³-hybridized carbons (Fsp3) is 0.750. The molecule has 0 aliphatic carbocycles. The third kappa shape index (κ3) is 25.6. The summed E-state index contributed by atoms with van der Waals surface area (Å²) in [5, 5.41) is 0. The molecule has 0 bridgehead atoms. The highest BCUT2D eigenvalue weighted by atomic mass is 16.7. The Labute approximate surface area is 212 Å². The van der Waals surface area contributed by atoms with E-state index in [4.69, 9.17) is 9.47 Å². The molecule has 36 heavy (non-hydrogen) atoms. The van der Waals surface area contributed by atoms with Crippen LogP contribution in [0.1, 0.15) is 77.0 Å². The van der Waals surface area contributed by atoms with Gasteiger partial charge >= 0.3 is 29.8 Å². The van der Waals surface area contributed by atoms with Gasteiger partial charge in [0.15, 0.2) is 12.6 Å². The Hall–Kier alpha value is -3.02. The van der Waals surface area contributed by atoms with Gasteiger partial charge in [0.1, 0.15) is 6.61 Å². The summed E-state index contributed by atoms with van der Waals surface area (Å²) in [4.78, 5) is 65.7. The number of carbonyl (C=O) groups excluding carboxylic acids is 6. The summed E-state index contributed by atoms with van der Waals surface area (Å²) in [7, 11) is 5.33. The van der Waals surface area contributed by atoms with E-state index in [2.05, 4.69) is 18.9 Å². The number of Topliss-reactive ketones (excluding diaryl/α,β-unsaturated/α-hetero) is 1. The molecular formula is C24H40O12. The predicted octanol–water partition coefficient (Wildman–Crippen LogP) is 2.43. The van der Waals surface area contributed by atoms with Crippen molar-refractivity contribution in [2.24, 2.45) is 0 Å². The van der Waals surface area contributed by atoms with Gasteiger partial charge in [0.25, 0.3) is 0 Å². The van der Waals surface area contributed by atoms with Crippen molar-refractivity contribution in [3.05, 3.63) is 0 Å². The molecule has 0 aromatic heterocycles. The Bertz CT molecular complexity index is 603. The molecule has 0 fully saturated rings. The van der Waals surface area contributed by atoms with Gasteiger partial charge in [0, 0.05) is 38.5 Å². The quantitative estimate of drug-likeness (QED) is 0.106. The summed E-state index contributed by atoms with van der Waals surface area (Å²) in [6.07, 6.45) is 5.35. The largest absolute Gasteiger partial charge is 0.469 e. The smallest absolute Gasteiger partial charge is 0.307 e.